The van der Waals surface area contributed by atoms with E-state index >= 15 is 0 Å². The summed E-state index contributed by atoms with van der Waals surface area (Å²) in [5.74, 6) is 0.750. The van der Waals surface area contributed by atoms with Crippen molar-refractivity contribution in [1.29, 1.82) is 0 Å². The lowest BCUT2D eigenvalue weighted by molar-refractivity contribution is -0.141. The molecule has 0 aromatic heterocycles. The van der Waals surface area contributed by atoms with Crippen LogP contribution in [0.2, 0.25) is 0 Å². The molecular formula is C15H28N2O2. The molecule has 0 aromatic rings. The van der Waals surface area contributed by atoms with E-state index in [9.17, 15) is 9.59 Å². The maximum Gasteiger partial charge on any atom is 0.227 e. The van der Waals surface area contributed by atoms with E-state index < -0.39 is 0 Å². The van der Waals surface area contributed by atoms with Crippen LogP contribution >= 0.6 is 0 Å². The summed E-state index contributed by atoms with van der Waals surface area (Å²) in [6.45, 7) is 10.2. The number of rotatable bonds is 4. The van der Waals surface area contributed by atoms with Crippen LogP contribution in [-0.4, -0.2) is 36.3 Å². The molecule has 0 unspecified atom stereocenters. The number of carbonyl (C=O) groups excluding carboxylic acids is 2. The Hall–Kier alpha value is -1.06. The molecule has 0 aliphatic carbocycles. The third-order valence-electron chi connectivity index (χ3n) is 3.51. The molecule has 110 valence electrons. The van der Waals surface area contributed by atoms with Crippen molar-refractivity contribution in [2.75, 3.05) is 19.6 Å². The predicted molar refractivity (Wildman–Crippen MR) is 76.7 cm³/mol. The van der Waals surface area contributed by atoms with Crippen molar-refractivity contribution in [2.24, 2.45) is 11.3 Å². The maximum absolute atomic E-state index is 12.2. The number of carbonyl (C=O) groups is 2. The minimum Gasteiger partial charge on any atom is -0.356 e. The number of hydrogen-bond donors (Lipinski definition) is 1. The molecule has 1 fully saturated rings. The zero-order chi connectivity index (χ0) is 14.5. The number of likely N-dealkylation sites (tertiary alicyclic amines) is 1. The molecule has 4 heteroatoms. The average Bonchev–Trinajstić information content (AvgIpc) is 2.35. The van der Waals surface area contributed by atoms with Gasteiger partial charge in [-0.1, -0.05) is 27.7 Å². The highest BCUT2D eigenvalue weighted by Gasteiger charge is 2.30. The number of piperidine rings is 1. The number of hydrogen-bond acceptors (Lipinski definition) is 2. The highest BCUT2D eigenvalue weighted by Crippen LogP contribution is 2.23. The predicted octanol–water partition coefficient (Wildman–Crippen LogP) is 2.19. The second-order valence-electron chi connectivity index (χ2n) is 6.56. The second kappa shape index (κ2) is 6.92. The minimum absolute atomic E-state index is 0.127. The van der Waals surface area contributed by atoms with Crippen molar-refractivity contribution < 1.29 is 9.59 Å². The van der Waals surface area contributed by atoms with Crippen molar-refractivity contribution in [3.8, 4) is 0 Å². The largest absolute Gasteiger partial charge is 0.356 e. The SMILES string of the molecule is CCCC(=O)NC[C@H]1CCCN(C(=O)C(C)(C)C)C1. The molecule has 0 bridgehead atoms. The highest BCUT2D eigenvalue weighted by atomic mass is 16.2. The van der Waals surface area contributed by atoms with Gasteiger partial charge in [-0.15, -0.1) is 0 Å². The lowest BCUT2D eigenvalue weighted by atomic mass is 9.91. The molecule has 1 aliphatic rings. The van der Waals surface area contributed by atoms with Crippen LogP contribution in [0.15, 0.2) is 0 Å². The van der Waals surface area contributed by atoms with Gasteiger partial charge < -0.3 is 10.2 Å². The van der Waals surface area contributed by atoms with E-state index in [0.717, 1.165) is 32.4 Å². The first-order chi connectivity index (χ1) is 8.84. The van der Waals surface area contributed by atoms with Crippen molar-refractivity contribution in [3.05, 3.63) is 0 Å². The molecule has 4 nitrogen and oxygen atoms in total. The Morgan fingerprint density at radius 1 is 1.32 bits per heavy atom. The minimum atomic E-state index is -0.312. The molecule has 0 saturated carbocycles. The van der Waals surface area contributed by atoms with E-state index in [1.807, 2.05) is 32.6 Å². The summed E-state index contributed by atoms with van der Waals surface area (Å²) in [6, 6.07) is 0. The molecule has 2 amide bonds. The molecule has 0 aromatic carbocycles. The molecule has 0 spiro atoms. The third-order valence-corrected chi connectivity index (χ3v) is 3.51. The molecule has 0 radical (unpaired) electrons. The van der Waals surface area contributed by atoms with E-state index in [4.69, 9.17) is 0 Å². The number of nitrogens with zero attached hydrogens (tertiary/aromatic N) is 1. The Balaban J connectivity index is 2.42. The zero-order valence-electron chi connectivity index (χ0n) is 12.8. The fraction of sp³-hybridized carbons (Fsp3) is 0.867. The molecule has 1 rings (SSSR count). The van der Waals surface area contributed by atoms with E-state index in [1.54, 1.807) is 0 Å². The topological polar surface area (TPSA) is 49.4 Å². The summed E-state index contributed by atoms with van der Waals surface area (Å²) >= 11 is 0. The van der Waals surface area contributed by atoms with Crippen LogP contribution in [-0.2, 0) is 9.59 Å². The van der Waals surface area contributed by atoms with E-state index in [0.29, 0.717) is 18.9 Å². The van der Waals surface area contributed by atoms with Crippen LogP contribution in [0.3, 0.4) is 0 Å². The summed E-state index contributed by atoms with van der Waals surface area (Å²) in [7, 11) is 0. The maximum atomic E-state index is 12.2. The van der Waals surface area contributed by atoms with Crippen LogP contribution in [0, 0.1) is 11.3 Å². The van der Waals surface area contributed by atoms with E-state index in [2.05, 4.69) is 5.32 Å². The van der Waals surface area contributed by atoms with E-state index in [-0.39, 0.29) is 17.2 Å². The first kappa shape index (κ1) is 16.0. The monoisotopic (exact) mass is 268 g/mol. The van der Waals surface area contributed by atoms with Gasteiger partial charge in [0.2, 0.25) is 11.8 Å². The smallest absolute Gasteiger partial charge is 0.227 e. The van der Waals surface area contributed by atoms with Crippen molar-refractivity contribution in [2.45, 2.75) is 53.4 Å². The van der Waals surface area contributed by atoms with Gasteiger partial charge in [-0.25, -0.2) is 0 Å². The van der Waals surface area contributed by atoms with E-state index in [1.165, 1.54) is 0 Å². The van der Waals surface area contributed by atoms with Crippen molar-refractivity contribution in [3.63, 3.8) is 0 Å². The molecule has 1 aliphatic heterocycles. The first-order valence-corrected chi connectivity index (χ1v) is 7.40. The molecule has 19 heavy (non-hydrogen) atoms. The van der Waals surface area contributed by atoms with Gasteiger partial charge >= 0.3 is 0 Å². The van der Waals surface area contributed by atoms with Crippen molar-refractivity contribution in [1.82, 2.24) is 10.2 Å². The van der Waals surface area contributed by atoms with Crippen LogP contribution < -0.4 is 5.32 Å². The third kappa shape index (κ3) is 5.21. The average molecular weight is 268 g/mol. The Morgan fingerprint density at radius 3 is 2.58 bits per heavy atom. The van der Waals surface area contributed by atoms with Crippen LogP contribution in [0.25, 0.3) is 0 Å². The summed E-state index contributed by atoms with van der Waals surface area (Å²) in [5.41, 5.74) is -0.312. The van der Waals surface area contributed by atoms with Gasteiger partial charge in [-0.2, -0.15) is 0 Å². The molecule has 1 N–H and O–H groups in total. The van der Waals surface area contributed by atoms with Gasteiger partial charge in [-0.05, 0) is 25.2 Å². The molecule has 1 atom stereocenters. The fourth-order valence-corrected chi connectivity index (χ4v) is 2.46. The Morgan fingerprint density at radius 2 is 2.00 bits per heavy atom. The van der Waals surface area contributed by atoms with Gasteiger partial charge in [0.1, 0.15) is 0 Å². The van der Waals surface area contributed by atoms with Gasteiger partial charge in [-0.3, -0.25) is 9.59 Å². The van der Waals surface area contributed by atoms with Crippen LogP contribution in [0.4, 0.5) is 0 Å². The fourth-order valence-electron chi connectivity index (χ4n) is 2.46. The van der Waals surface area contributed by atoms with Crippen LogP contribution in [0.5, 0.6) is 0 Å². The second-order valence-corrected chi connectivity index (χ2v) is 6.56. The Labute approximate surface area is 116 Å². The normalized spacial score (nSPS) is 20.2. The highest BCUT2D eigenvalue weighted by molar-refractivity contribution is 5.81. The van der Waals surface area contributed by atoms with Crippen LogP contribution in [0.1, 0.15) is 53.4 Å². The molecule has 1 saturated heterocycles. The molecular weight excluding hydrogens is 240 g/mol. The Kier molecular flexibility index (Phi) is 5.83. The van der Waals surface area contributed by atoms with Gasteiger partial charge in [0, 0.05) is 31.5 Å². The lowest BCUT2D eigenvalue weighted by Gasteiger charge is -2.36. The van der Waals surface area contributed by atoms with Gasteiger partial charge in [0.05, 0.1) is 0 Å². The van der Waals surface area contributed by atoms with Gasteiger partial charge in [0.25, 0.3) is 0 Å². The van der Waals surface area contributed by atoms with Gasteiger partial charge in [0.15, 0.2) is 0 Å². The standard InChI is InChI=1S/C15H28N2O2/c1-5-7-13(18)16-10-12-8-6-9-17(11-12)14(19)15(2,3)4/h12H,5-11H2,1-4H3,(H,16,18)/t12-/m1/s1. The quantitative estimate of drug-likeness (QED) is 0.849. The summed E-state index contributed by atoms with van der Waals surface area (Å²) in [4.78, 5) is 25.7. The number of amides is 2. The van der Waals surface area contributed by atoms with Crippen molar-refractivity contribution >= 4 is 11.8 Å². The summed E-state index contributed by atoms with van der Waals surface area (Å²) in [6.07, 6.45) is 3.61. The molecule has 1 heterocycles. The Bertz CT molecular complexity index is 321. The zero-order valence-corrected chi connectivity index (χ0v) is 12.8. The summed E-state index contributed by atoms with van der Waals surface area (Å²) in [5, 5.41) is 2.97. The number of nitrogens with one attached hydrogen (secondary N) is 1. The lowest BCUT2D eigenvalue weighted by Crippen LogP contribution is -2.47. The first-order valence-electron chi connectivity index (χ1n) is 7.40. The summed E-state index contributed by atoms with van der Waals surface area (Å²) < 4.78 is 0.